The summed E-state index contributed by atoms with van der Waals surface area (Å²) in [5, 5.41) is 12.1. The van der Waals surface area contributed by atoms with E-state index in [2.05, 4.69) is 11.4 Å². The molecular weight excluding hydrogens is 230 g/mol. The van der Waals surface area contributed by atoms with Crippen LogP contribution in [0.4, 0.5) is 0 Å². The molecule has 18 heavy (non-hydrogen) atoms. The molecule has 4 heteroatoms. The second kappa shape index (κ2) is 5.87. The molecule has 1 aromatic carbocycles. The van der Waals surface area contributed by atoms with Gasteiger partial charge < -0.3 is 15.2 Å². The summed E-state index contributed by atoms with van der Waals surface area (Å²) in [4.78, 5) is 10.7. The molecule has 0 bridgehead atoms. The summed E-state index contributed by atoms with van der Waals surface area (Å²) < 4.78 is 5.28. The number of carboxylic acids is 1. The van der Waals surface area contributed by atoms with Crippen LogP contribution in [0, 0.1) is 11.8 Å². The average Bonchev–Trinajstić information content (AvgIpc) is 3.15. The molecule has 1 saturated carbocycles. The van der Waals surface area contributed by atoms with Gasteiger partial charge in [0.05, 0.1) is 13.0 Å². The van der Waals surface area contributed by atoms with Crippen LogP contribution in [0.5, 0.6) is 5.75 Å². The van der Waals surface area contributed by atoms with Crippen LogP contribution in [0.2, 0.25) is 0 Å². The molecule has 2 rings (SSSR count). The van der Waals surface area contributed by atoms with Crippen molar-refractivity contribution in [2.24, 2.45) is 11.8 Å². The zero-order chi connectivity index (χ0) is 13.0. The zero-order valence-corrected chi connectivity index (χ0v) is 10.6. The fourth-order valence-corrected chi connectivity index (χ4v) is 2.20. The number of hydrogen-bond donors (Lipinski definition) is 2. The van der Waals surface area contributed by atoms with Gasteiger partial charge in [-0.1, -0.05) is 18.2 Å². The van der Waals surface area contributed by atoms with Gasteiger partial charge in [-0.3, -0.25) is 4.79 Å². The number of aliphatic carboxylic acids is 1. The maximum absolute atomic E-state index is 10.7. The van der Waals surface area contributed by atoms with E-state index in [1.807, 2.05) is 18.2 Å². The van der Waals surface area contributed by atoms with E-state index >= 15 is 0 Å². The van der Waals surface area contributed by atoms with Gasteiger partial charge in [-0.05, 0) is 43.5 Å². The van der Waals surface area contributed by atoms with Crippen LogP contribution in [0.15, 0.2) is 24.3 Å². The summed E-state index contributed by atoms with van der Waals surface area (Å²) in [6, 6.07) is 7.96. The highest BCUT2D eigenvalue weighted by Crippen LogP contribution is 2.37. The van der Waals surface area contributed by atoms with Gasteiger partial charge in [0.15, 0.2) is 0 Å². The minimum atomic E-state index is -0.661. The van der Waals surface area contributed by atoms with E-state index in [0.29, 0.717) is 5.92 Å². The summed E-state index contributed by atoms with van der Waals surface area (Å²) in [7, 11) is 1.67. The van der Waals surface area contributed by atoms with E-state index in [1.54, 1.807) is 7.11 Å². The van der Waals surface area contributed by atoms with Crippen LogP contribution in [-0.2, 0) is 11.2 Å². The Morgan fingerprint density at radius 3 is 2.94 bits per heavy atom. The molecule has 1 fully saturated rings. The Kier molecular flexibility index (Phi) is 4.20. The molecule has 2 atom stereocenters. The molecule has 0 aromatic heterocycles. The molecule has 1 aliphatic rings. The number of benzene rings is 1. The number of ether oxygens (including phenoxy) is 1. The fraction of sp³-hybridized carbons (Fsp3) is 0.500. The summed E-state index contributed by atoms with van der Waals surface area (Å²) in [6.45, 7) is 1.65. The molecule has 0 aliphatic heterocycles. The summed E-state index contributed by atoms with van der Waals surface area (Å²) in [6.07, 6.45) is 1.71. The Morgan fingerprint density at radius 1 is 1.50 bits per heavy atom. The van der Waals surface area contributed by atoms with Gasteiger partial charge in [0, 0.05) is 0 Å². The Balaban J connectivity index is 1.68. The Bertz CT molecular complexity index is 419. The van der Waals surface area contributed by atoms with Crippen molar-refractivity contribution in [3.63, 3.8) is 0 Å². The molecule has 2 unspecified atom stereocenters. The van der Waals surface area contributed by atoms with Crippen LogP contribution < -0.4 is 10.1 Å². The standard InChI is InChI=1S/C14H19NO3/c1-18-13-5-3-2-4-10(13)6-7-15-9-11-8-12(11)14(16)17/h2-5,11-12,15H,6-9H2,1H3,(H,16,17). The lowest BCUT2D eigenvalue weighted by Crippen LogP contribution is -2.21. The number of carboxylic acid groups (broad SMARTS) is 1. The highest BCUT2D eigenvalue weighted by atomic mass is 16.5. The van der Waals surface area contributed by atoms with E-state index < -0.39 is 5.97 Å². The van der Waals surface area contributed by atoms with Gasteiger partial charge in [0.25, 0.3) is 0 Å². The predicted molar refractivity (Wildman–Crippen MR) is 68.8 cm³/mol. The monoisotopic (exact) mass is 249 g/mol. The first-order valence-electron chi connectivity index (χ1n) is 6.27. The third-order valence-corrected chi connectivity index (χ3v) is 3.41. The third-order valence-electron chi connectivity index (χ3n) is 3.41. The van der Waals surface area contributed by atoms with Gasteiger partial charge in [0.1, 0.15) is 5.75 Å². The van der Waals surface area contributed by atoms with Crippen molar-refractivity contribution in [3.05, 3.63) is 29.8 Å². The molecule has 0 amide bonds. The minimum absolute atomic E-state index is 0.122. The number of hydrogen-bond acceptors (Lipinski definition) is 3. The van der Waals surface area contributed by atoms with Crippen LogP contribution >= 0.6 is 0 Å². The van der Waals surface area contributed by atoms with Crippen LogP contribution in [0.1, 0.15) is 12.0 Å². The number of para-hydroxylation sites is 1. The number of carbonyl (C=O) groups is 1. The second-order valence-corrected chi connectivity index (χ2v) is 4.71. The highest BCUT2D eigenvalue weighted by Gasteiger charge is 2.42. The number of methoxy groups -OCH3 is 1. The lowest BCUT2D eigenvalue weighted by molar-refractivity contribution is -0.138. The minimum Gasteiger partial charge on any atom is -0.496 e. The normalized spacial score (nSPS) is 21.6. The van der Waals surface area contributed by atoms with Gasteiger partial charge in [-0.2, -0.15) is 0 Å². The van der Waals surface area contributed by atoms with E-state index in [0.717, 1.165) is 31.7 Å². The maximum Gasteiger partial charge on any atom is 0.306 e. The highest BCUT2D eigenvalue weighted by molar-refractivity contribution is 5.73. The first-order chi connectivity index (χ1) is 8.72. The molecule has 98 valence electrons. The molecule has 0 radical (unpaired) electrons. The van der Waals surface area contributed by atoms with E-state index in [9.17, 15) is 4.79 Å². The van der Waals surface area contributed by atoms with Gasteiger partial charge in [-0.15, -0.1) is 0 Å². The van der Waals surface area contributed by atoms with Crippen molar-refractivity contribution >= 4 is 5.97 Å². The smallest absolute Gasteiger partial charge is 0.306 e. The van der Waals surface area contributed by atoms with Crippen LogP contribution in [0.3, 0.4) is 0 Å². The van der Waals surface area contributed by atoms with Crippen molar-refractivity contribution in [1.82, 2.24) is 5.32 Å². The van der Waals surface area contributed by atoms with E-state index in [-0.39, 0.29) is 5.92 Å². The largest absolute Gasteiger partial charge is 0.496 e. The van der Waals surface area contributed by atoms with Crippen molar-refractivity contribution in [2.75, 3.05) is 20.2 Å². The number of rotatable bonds is 7. The van der Waals surface area contributed by atoms with E-state index in [4.69, 9.17) is 9.84 Å². The van der Waals surface area contributed by atoms with Gasteiger partial charge in [-0.25, -0.2) is 0 Å². The first kappa shape index (κ1) is 12.9. The molecule has 2 N–H and O–H groups in total. The zero-order valence-electron chi connectivity index (χ0n) is 10.6. The molecule has 4 nitrogen and oxygen atoms in total. The van der Waals surface area contributed by atoms with Crippen LogP contribution in [-0.4, -0.2) is 31.3 Å². The molecule has 0 saturated heterocycles. The molecular formula is C14H19NO3. The molecule has 1 aromatic rings. The first-order valence-corrected chi connectivity index (χ1v) is 6.27. The Labute approximate surface area is 107 Å². The second-order valence-electron chi connectivity index (χ2n) is 4.71. The van der Waals surface area contributed by atoms with Gasteiger partial charge in [0.2, 0.25) is 0 Å². The molecule has 1 aliphatic carbocycles. The van der Waals surface area contributed by atoms with Crippen molar-refractivity contribution in [2.45, 2.75) is 12.8 Å². The summed E-state index contributed by atoms with van der Waals surface area (Å²) in [5.74, 6) is 0.449. The molecule has 0 spiro atoms. The van der Waals surface area contributed by atoms with Crippen molar-refractivity contribution in [3.8, 4) is 5.75 Å². The topological polar surface area (TPSA) is 58.6 Å². The maximum atomic E-state index is 10.7. The Hall–Kier alpha value is -1.55. The van der Waals surface area contributed by atoms with Crippen molar-refractivity contribution < 1.29 is 14.6 Å². The predicted octanol–water partition coefficient (Wildman–Crippen LogP) is 1.55. The number of nitrogens with one attached hydrogen (secondary N) is 1. The van der Waals surface area contributed by atoms with Crippen LogP contribution in [0.25, 0.3) is 0 Å². The van der Waals surface area contributed by atoms with Gasteiger partial charge >= 0.3 is 5.97 Å². The fourth-order valence-electron chi connectivity index (χ4n) is 2.20. The lowest BCUT2D eigenvalue weighted by Gasteiger charge is -2.08. The summed E-state index contributed by atoms with van der Waals surface area (Å²) in [5.41, 5.74) is 1.18. The molecule has 0 heterocycles. The Morgan fingerprint density at radius 2 is 2.28 bits per heavy atom. The summed E-state index contributed by atoms with van der Waals surface area (Å²) >= 11 is 0. The average molecular weight is 249 g/mol. The SMILES string of the molecule is COc1ccccc1CCNCC1CC1C(=O)O. The van der Waals surface area contributed by atoms with Crippen molar-refractivity contribution in [1.29, 1.82) is 0 Å². The van der Waals surface area contributed by atoms with E-state index in [1.165, 1.54) is 5.56 Å². The lowest BCUT2D eigenvalue weighted by atomic mass is 10.1. The third kappa shape index (κ3) is 3.23. The quantitative estimate of drug-likeness (QED) is 0.720.